The molecule has 0 heterocycles. The second-order valence-corrected chi connectivity index (χ2v) is 10.2. The van der Waals surface area contributed by atoms with Crippen LogP contribution in [0.5, 0.6) is 0 Å². The van der Waals surface area contributed by atoms with Crippen molar-refractivity contribution in [1.82, 2.24) is 0 Å². The minimum atomic E-state index is -3.45. The van der Waals surface area contributed by atoms with Crippen molar-refractivity contribution < 1.29 is 22.4 Å². The third-order valence-electron chi connectivity index (χ3n) is 4.22. The number of carbonyl (C=O) groups is 2. The molecule has 0 aliphatic heterocycles. The van der Waals surface area contributed by atoms with Crippen molar-refractivity contribution in [2.75, 3.05) is 22.6 Å². The molecule has 0 fully saturated rings. The van der Waals surface area contributed by atoms with E-state index < -0.39 is 21.6 Å². The molecule has 0 radical (unpaired) electrons. The lowest BCUT2D eigenvalue weighted by molar-refractivity contribution is -0.113. The molecular weight excluding hydrogens is 475 g/mol. The number of rotatable bonds is 7. The smallest absolute Gasteiger partial charge is 0.255 e. The van der Waals surface area contributed by atoms with Crippen LogP contribution >= 0.6 is 23.4 Å². The van der Waals surface area contributed by atoms with Gasteiger partial charge in [0, 0.05) is 22.4 Å². The lowest BCUT2D eigenvalue weighted by Gasteiger charge is -2.11. The van der Waals surface area contributed by atoms with Gasteiger partial charge in [0.15, 0.2) is 9.84 Å². The quantitative estimate of drug-likeness (QED) is 0.459. The van der Waals surface area contributed by atoms with Gasteiger partial charge in [-0.1, -0.05) is 29.8 Å². The van der Waals surface area contributed by atoms with Crippen molar-refractivity contribution in [3.8, 4) is 0 Å². The van der Waals surface area contributed by atoms with Crippen LogP contribution in [0, 0.1) is 5.82 Å². The van der Waals surface area contributed by atoms with E-state index in [2.05, 4.69) is 10.6 Å². The molecule has 0 saturated carbocycles. The summed E-state index contributed by atoms with van der Waals surface area (Å²) in [6.07, 6.45) is 1.06. The molecule has 6 nitrogen and oxygen atoms in total. The summed E-state index contributed by atoms with van der Waals surface area (Å²) in [7, 11) is -3.45. The lowest BCUT2D eigenvalue weighted by atomic mass is 10.2. The monoisotopic (exact) mass is 492 g/mol. The van der Waals surface area contributed by atoms with Gasteiger partial charge in [0.2, 0.25) is 5.91 Å². The van der Waals surface area contributed by atoms with Gasteiger partial charge in [-0.25, -0.2) is 12.8 Å². The predicted molar refractivity (Wildman–Crippen MR) is 125 cm³/mol. The highest BCUT2D eigenvalue weighted by atomic mass is 35.5. The van der Waals surface area contributed by atoms with E-state index in [1.54, 1.807) is 24.3 Å². The van der Waals surface area contributed by atoms with Crippen LogP contribution in [0.2, 0.25) is 5.02 Å². The summed E-state index contributed by atoms with van der Waals surface area (Å²) in [6, 6.07) is 16.4. The topological polar surface area (TPSA) is 92.3 Å². The number of halogens is 2. The zero-order chi connectivity index (χ0) is 23.3. The molecule has 166 valence electrons. The molecule has 3 rings (SSSR count). The van der Waals surface area contributed by atoms with Crippen molar-refractivity contribution in [1.29, 1.82) is 0 Å². The van der Waals surface area contributed by atoms with Crippen molar-refractivity contribution in [3.05, 3.63) is 83.1 Å². The van der Waals surface area contributed by atoms with Gasteiger partial charge >= 0.3 is 0 Å². The molecule has 0 aliphatic carbocycles. The number of benzene rings is 3. The molecule has 3 aromatic carbocycles. The summed E-state index contributed by atoms with van der Waals surface area (Å²) in [4.78, 5) is 25.0. The molecule has 0 aliphatic rings. The maximum Gasteiger partial charge on any atom is 0.255 e. The van der Waals surface area contributed by atoms with Crippen molar-refractivity contribution in [2.24, 2.45) is 0 Å². The van der Waals surface area contributed by atoms with E-state index in [1.807, 2.05) is 0 Å². The summed E-state index contributed by atoms with van der Waals surface area (Å²) in [5.41, 5.74) is 0.859. The Hall–Kier alpha value is -2.88. The van der Waals surface area contributed by atoms with Crippen LogP contribution in [0.15, 0.2) is 76.5 Å². The van der Waals surface area contributed by atoms with Crippen molar-refractivity contribution >= 4 is 56.4 Å². The van der Waals surface area contributed by atoms with Gasteiger partial charge in [0.25, 0.3) is 5.91 Å². The number of carbonyl (C=O) groups excluding carboxylic acids is 2. The molecule has 0 unspecified atom stereocenters. The fourth-order valence-corrected chi connectivity index (χ4v) is 4.29. The van der Waals surface area contributed by atoms with Crippen LogP contribution < -0.4 is 10.6 Å². The maximum absolute atomic E-state index is 13.6. The number of sulfone groups is 1. The molecule has 0 spiro atoms. The molecule has 0 saturated heterocycles. The molecule has 3 aromatic rings. The van der Waals surface area contributed by atoms with Gasteiger partial charge in [0.05, 0.1) is 21.4 Å². The Morgan fingerprint density at radius 1 is 1.00 bits per heavy atom. The summed E-state index contributed by atoms with van der Waals surface area (Å²) < 4.78 is 37.0. The summed E-state index contributed by atoms with van der Waals surface area (Å²) in [5, 5.41) is 5.46. The van der Waals surface area contributed by atoms with Gasteiger partial charge in [0.1, 0.15) is 5.82 Å². The second-order valence-electron chi connectivity index (χ2n) is 6.72. The first-order valence-electron chi connectivity index (χ1n) is 9.22. The fraction of sp³-hybridized carbons (Fsp3) is 0.0909. The van der Waals surface area contributed by atoms with Crippen LogP contribution in [0.3, 0.4) is 0 Å². The standard InChI is InChI=1S/C22H18ClFN2O4S2/c1-32(29,30)16-6-4-5-14(11-16)22(28)26-19-10-9-15(12-17(19)23)25-21(27)13-31-20-8-3-2-7-18(20)24/h2-12H,13H2,1H3,(H,25,27)(H,26,28). The first-order chi connectivity index (χ1) is 15.1. The number of hydrogen-bond donors (Lipinski definition) is 2. The average molecular weight is 493 g/mol. The second kappa shape index (κ2) is 10.2. The number of nitrogens with one attached hydrogen (secondary N) is 2. The Kier molecular flexibility index (Phi) is 7.55. The third-order valence-corrected chi connectivity index (χ3v) is 6.69. The lowest BCUT2D eigenvalue weighted by Crippen LogP contribution is -2.15. The fourth-order valence-electron chi connectivity index (χ4n) is 2.66. The van der Waals surface area contributed by atoms with Crippen molar-refractivity contribution in [2.45, 2.75) is 9.79 Å². The molecule has 2 amide bonds. The van der Waals surface area contributed by atoms with Crippen LogP contribution in [0.4, 0.5) is 15.8 Å². The van der Waals surface area contributed by atoms with Crippen LogP contribution in [0.25, 0.3) is 0 Å². The summed E-state index contributed by atoms with van der Waals surface area (Å²) in [5.74, 6) is -1.26. The van der Waals surface area contributed by atoms with Gasteiger partial charge in [-0.05, 0) is 48.5 Å². The number of amides is 2. The summed E-state index contributed by atoms with van der Waals surface area (Å²) >= 11 is 7.30. The van der Waals surface area contributed by atoms with Gasteiger partial charge in [-0.15, -0.1) is 11.8 Å². The first-order valence-corrected chi connectivity index (χ1v) is 12.5. The van der Waals surface area contributed by atoms with Crippen LogP contribution in [0.1, 0.15) is 10.4 Å². The molecule has 0 aromatic heterocycles. The minimum absolute atomic E-state index is 0.00766. The normalized spacial score (nSPS) is 11.1. The predicted octanol–water partition coefficient (Wildman–Crippen LogP) is 4.87. The Bertz CT molecular complexity index is 1280. The zero-order valence-corrected chi connectivity index (χ0v) is 19.2. The average Bonchev–Trinajstić information content (AvgIpc) is 2.74. The van der Waals surface area contributed by atoms with E-state index in [0.717, 1.165) is 18.0 Å². The van der Waals surface area contributed by atoms with Gasteiger partial charge < -0.3 is 10.6 Å². The van der Waals surface area contributed by atoms with Gasteiger partial charge in [-0.3, -0.25) is 9.59 Å². The highest BCUT2D eigenvalue weighted by molar-refractivity contribution is 8.00. The Morgan fingerprint density at radius 3 is 2.44 bits per heavy atom. The van der Waals surface area contributed by atoms with E-state index in [1.165, 1.54) is 42.5 Å². The molecule has 0 atom stereocenters. The Labute approximate surface area is 194 Å². The van der Waals surface area contributed by atoms with E-state index >= 15 is 0 Å². The van der Waals surface area contributed by atoms with E-state index in [0.29, 0.717) is 16.3 Å². The third kappa shape index (κ3) is 6.32. The molecule has 32 heavy (non-hydrogen) atoms. The minimum Gasteiger partial charge on any atom is -0.325 e. The maximum atomic E-state index is 13.6. The SMILES string of the molecule is CS(=O)(=O)c1cccc(C(=O)Nc2ccc(NC(=O)CSc3ccccc3F)cc2Cl)c1. The number of anilines is 2. The summed E-state index contributed by atoms with van der Waals surface area (Å²) in [6.45, 7) is 0. The molecule has 10 heteroatoms. The molecule has 0 bridgehead atoms. The molecular formula is C22H18ClFN2O4S2. The Morgan fingerprint density at radius 2 is 1.75 bits per heavy atom. The largest absolute Gasteiger partial charge is 0.325 e. The van der Waals surface area contributed by atoms with Crippen LogP contribution in [-0.2, 0) is 14.6 Å². The Balaban J connectivity index is 1.63. The zero-order valence-electron chi connectivity index (χ0n) is 16.8. The highest BCUT2D eigenvalue weighted by Crippen LogP contribution is 2.27. The van der Waals surface area contributed by atoms with Crippen LogP contribution in [-0.4, -0.2) is 32.2 Å². The van der Waals surface area contributed by atoms with E-state index in [9.17, 15) is 22.4 Å². The first kappa shape index (κ1) is 23.8. The van der Waals surface area contributed by atoms with E-state index in [-0.39, 0.29) is 27.1 Å². The molecule has 2 N–H and O–H groups in total. The highest BCUT2D eigenvalue weighted by Gasteiger charge is 2.14. The van der Waals surface area contributed by atoms with Crippen molar-refractivity contribution in [3.63, 3.8) is 0 Å². The van der Waals surface area contributed by atoms with Gasteiger partial charge in [-0.2, -0.15) is 0 Å². The number of hydrogen-bond acceptors (Lipinski definition) is 5. The van der Waals surface area contributed by atoms with E-state index in [4.69, 9.17) is 11.6 Å². The number of thioether (sulfide) groups is 1.